The lowest BCUT2D eigenvalue weighted by Gasteiger charge is -1.94. The van der Waals surface area contributed by atoms with E-state index in [2.05, 4.69) is 0 Å². The van der Waals surface area contributed by atoms with Gasteiger partial charge in [0.1, 0.15) is 0 Å². The fourth-order valence-corrected chi connectivity index (χ4v) is 0. The van der Waals surface area contributed by atoms with E-state index in [0.717, 1.165) is 0 Å². The quantitative estimate of drug-likeness (QED) is 0.312. The monoisotopic (exact) mass is 117 g/mol. The van der Waals surface area contributed by atoms with Gasteiger partial charge in [0.05, 0.1) is 0 Å². The molecule has 0 rings (SSSR count). The van der Waals surface area contributed by atoms with Gasteiger partial charge in [-0.3, -0.25) is 0 Å². The molecule has 0 aromatic carbocycles. The van der Waals surface area contributed by atoms with E-state index in [1.54, 1.807) is 0 Å². The van der Waals surface area contributed by atoms with Gasteiger partial charge in [0.25, 0.3) is 0 Å². The van der Waals surface area contributed by atoms with Crippen LogP contribution in [0.1, 0.15) is 0 Å². The average molecular weight is 117 g/mol. The Morgan fingerprint density at radius 1 is 0.833 bits per heavy atom. The molecule has 0 amide bonds. The van der Waals surface area contributed by atoms with Crippen molar-refractivity contribution in [3.05, 3.63) is 0 Å². The van der Waals surface area contributed by atoms with Crippen molar-refractivity contribution in [2.24, 2.45) is 0 Å². The van der Waals surface area contributed by atoms with Crippen molar-refractivity contribution < 1.29 is 17.3 Å². The van der Waals surface area contributed by atoms with Crippen molar-refractivity contribution in [2.75, 3.05) is 0 Å². The van der Waals surface area contributed by atoms with E-state index in [9.17, 15) is 17.3 Å². The van der Waals surface area contributed by atoms with E-state index in [0.29, 0.717) is 0 Å². The second-order valence-electron chi connectivity index (χ2n) is 0.495. The molecule has 6 heavy (non-hydrogen) atoms. The predicted octanol–water partition coefficient (Wildman–Crippen LogP) is 0.116. The zero-order chi connectivity index (χ0) is 4.50. The Morgan fingerprint density at radius 3 is 0.833 bits per heavy atom. The van der Waals surface area contributed by atoms with Crippen molar-refractivity contribution in [3.8, 4) is 0 Å². The summed E-state index contributed by atoms with van der Waals surface area (Å²) in [5, 5.41) is 0. The Balaban J connectivity index is 0. The van der Waals surface area contributed by atoms with Gasteiger partial charge in [0.2, 0.25) is 0 Å². The van der Waals surface area contributed by atoms with E-state index < -0.39 is 7.25 Å². The van der Waals surface area contributed by atoms with E-state index in [1.165, 1.54) is 0 Å². The first-order valence-corrected chi connectivity index (χ1v) is 0.873. The summed E-state index contributed by atoms with van der Waals surface area (Å²) >= 11 is 0. The van der Waals surface area contributed by atoms with Gasteiger partial charge in [-0.2, -0.15) is 0 Å². The molecule has 38 valence electrons. The molecule has 0 aliphatic heterocycles. The highest BCUT2D eigenvalue weighted by molar-refractivity contribution is 6.50. The van der Waals surface area contributed by atoms with Crippen LogP contribution in [0.15, 0.2) is 0 Å². The van der Waals surface area contributed by atoms with Gasteiger partial charge < -0.3 is 17.3 Å². The second kappa shape index (κ2) is 2.48. The molecule has 0 aliphatic rings. The molecular formula is H3AlBF4-. The summed E-state index contributed by atoms with van der Waals surface area (Å²) in [4.78, 5) is 0. The van der Waals surface area contributed by atoms with Gasteiger partial charge >= 0.3 is 7.25 Å². The zero-order valence-electron chi connectivity index (χ0n) is 2.09. The third-order valence-electron chi connectivity index (χ3n) is 0. The van der Waals surface area contributed by atoms with E-state index in [1.807, 2.05) is 0 Å². The van der Waals surface area contributed by atoms with Crippen LogP contribution in [0.5, 0.6) is 0 Å². The Hall–Kier alpha value is 0.317. The SMILES string of the molecule is F[B-](F)(F)F.[AlH3]. The molecule has 0 N–H and O–H groups in total. The lowest BCUT2D eigenvalue weighted by atomic mass is 10.3. The van der Waals surface area contributed by atoms with Gasteiger partial charge in [0, 0.05) is 0 Å². The number of halogens is 4. The molecule has 0 spiro atoms. The van der Waals surface area contributed by atoms with Crippen LogP contribution in [0.3, 0.4) is 0 Å². The van der Waals surface area contributed by atoms with E-state index >= 15 is 0 Å². The van der Waals surface area contributed by atoms with E-state index in [4.69, 9.17) is 0 Å². The molecule has 0 saturated heterocycles. The highest BCUT2D eigenvalue weighted by Gasteiger charge is 2.20. The first-order chi connectivity index (χ1) is 2.00. The largest absolute Gasteiger partial charge is 0.673 e. The molecule has 0 radical (unpaired) electrons. The summed E-state index contributed by atoms with van der Waals surface area (Å²) in [6.07, 6.45) is 0. The van der Waals surface area contributed by atoms with Crippen LogP contribution in [0.4, 0.5) is 17.3 Å². The summed E-state index contributed by atoms with van der Waals surface area (Å²) in [5.41, 5.74) is 0. The highest BCUT2D eigenvalue weighted by atomic mass is 27.0. The Labute approximate surface area is 42.8 Å². The van der Waals surface area contributed by atoms with Crippen LogP contribution in [0, 0.1) is 0 Å². The molecule has 0 aromatic heterocycles. The zero-order valence-corrected chi connectivity index (χ0v) is 2.09. The van der Waals surface area contributed by atoms with Crippen LogP contribution in [0.25, 0.3) is 0 Å². The Morgan fingerprint density at radius 2 is 0.833 bits per heavy atom. The van der Waals surface area contributed by atoms with Crippen LogP contribution < -0.4 is 0 Å². The van der Waals surface area contributed by atoms with Crippen LogP contribution in [-0.4, -0.2) is 24.6 Å². The van der Waals surface area contributed by atoms with Crippen LogP contribution >= 0.6 is 0 Å². The summed E-state index contributed by atoms with van der Waals surface area (Å²) < 4.78 is 39.0. The average Bonchev–Trinajstić information content (AvgIpc) is 0.722. The molecular weight excluding hydrogens is 114 g/mol. The van der Waals surface area contributed by atoms with Crippen molar-refractivity contribution in [2.45, 2.75) is 0 Å². The third kappa shape index (κ3) is 472. The smallest absolute Gasteiger partial charge is 0.418 e. The van der Waals surface area contributed by atoms with Crippen molar-refractivity contribution >= 4 is 24.6 Å². The Kier molecular flexibility index (Phi) is 3.97. The number of hydrogen-bond acceptors (Lipinski definition) is 0. The molecule has 0 aromatic rings. The first kappa shape index (κ1) is 9.58. The molecule has 0 atom stereocenters. The fourth-order valence-electron chi connectivity index (χ4n) is 0. The van der Waals surface area contributed by atoms with Crippen molar-refractivity contribution in [1.82, 2.24) is 0 Å². The predicted molar refractivity (Wildman–Crippen MR) is 20.1 cm³/mol. The lowest BCUT2D eigenvalue weighted by Crippen LogP contribution is -2.02. The molecule has 0 fully saturated rings. The molecule has 0 nitrogen and oxygen atoms in total. The summed E-state index contributed by atoms with van der Waals surface area (Å²) in [7, 11) is -6.00. The standard InChI is InChI=1S/Al.BF4.3H/c;2-1(3,4)5;;;/q;-1;;;. The summed E-state index contributed by atoms with van der Waals surface area (Å²) in [5.74, 6) is 0. The van der Waals surface area contributed by atoms with Crippen LogP contribution in [0.2, 0.25) is 0 Å². The number of hydrogen-bond donors (Lipinski definition) is 0. The summed E-state index contributed by atoms with van der Waals surface area (Å²) in [6.45, 7) is 0. The van der Waals surface area contributed by atoms with Gasteiger partial charge in [-0.1, -0.05) is 0 Å². The van der Waals surface area contributed by atoms with Gasteiger partial charge in [-0.05, 0) is 0 Å². The molecule has 0 bridgehead atoms. The summed E-state index contributed by atoms with van der Waals surface area (Å²) in [6, 6.07) is 0. The number of rotatable bonds is 0. The molecule has 0 saturated carbocycles. The Bertz CT molecular complexity index is 23.0. The molecule has 0 unspecified atom stereocenters. The highest BCUT2D eigenvalue weighted by Crippen LogP contribution is 2.06. The second-order valence-corrected chi connectivity index (χ2v) is 0.495. The maximum absolute atomic E-state index is 9.75. The topological polar surface area (TPSA) is 0 Å². The van der Waals surface area contributed by atoms with Gasteiger partial charge in [-0.15, -0.1) is 0 Å². The fraction of sp³-hybridized carbons (Fsp3) is 0. The van der Waals surface area contributed by atoms with Crippen LogP contribution in [-0.2, 0) is 0 Å². The minimum atomic E-state index is -6.00. The first-order valence-electron chi connectivity index (χ1n) is 0.873. The maximum Gasteiger partial charge on any atom is 0.673 e. The molecule has 6 heteroatoms. The third-order valence-corrected chi connectivity index (χ3v) is 0. The minimum Gasteiger partial charge on any atom is -0.418 e. The van der Waals surface area contributed by atoms with Gasteiger partial charge in [0.15, 0.2) is 17.4 Å². The maximum atomic E-state index is 9.75. The molecule has 0 heterocycles. The van der Waals surface area contributed by atoms with Crippen molar-refractivity contribution in [3.63, 3.8) is 0 Å². The normalized spacial score (nSPS) is 10.0. The van der Waals surface area contributed by atoms with Crippen molar-refractivity contribution in [1.29, 1.82) is 0 Å². The van der Waals surface area contributed by atoms with E-state index in [-0.39, 0.29) is 17.4 Å². The molecule has 0 aliphatic carbocycles. The lowest BCUT2D eigenvalue weighted by molar-refractivity contribution is 0.368. The van der Waals surface area contributed by atoms with Gasteiger partial charge in [-0.25, -0.2) is 0 Å². The minimum absolute atomic E-state index is 0.